The first kappa shape index (κ1) is 23.5. The van der Waals surface area contributed by atoms with Crippen molar-refractivity contribution in [3.63, 3.8) is 0 Å². The van der Waals surface area contributed by atoms with Crippen LogP contribution in [-0.2, 0) is 24.4 Å². The zero-order chi connectivity index (χ0) is 19.8. The Bertz CT molecular complexity index is 813. The fourth-order valence-corrected chi connectivity index (χ4v) is 3.14. The molecule has 2 aromatic rings. The van der Waals surface area contributed by atoms with Crippen molar-refractivity contribution in [1.82, 2.24) is 15.5 Å². The maximum Gasteiger partial charge on any atom is 0.191 e. The molecule has 29 heavy (non-hydrogen) atoms. The predicted octanol–water partition coefficient (Wildman–Crippen LogP) is 3.28. The molecular formula is C21H27F2IN4O. The van der Waals surface area contributed by atoms with Crippen LogP contribution in [0, 0.1) is 11.6 Å². The van der Waals surface area contributed by atoms with E-state index in [0.29, 0.717) is 12.5 Å². The highest BCUT2D eigenvalue weighted by molar-refractivity contribution is 14.0. The molecule has 1 saturated heterocycles. The van der Waals surface area contributed by atoms with Crippen LogP contribution in [0.15, 0.2) is 47.5 Å². The maximum atomic E-state index is 13.8. The van der Waals surface area contributed by atoms with Crippen LogP contribution in [0.1, 0.15) is 16.7 Å². The summed E-state index contributed by atoms with van der Waals surface area (Å²) < 4.78 is 32.5. The zero-order valence-corrected chi connectivity index (χ0v) is 18.8. The Hall–Kier alpha value is -1.78. The van der Waals surface area contributed by atoms with Gasteiger partial charge in [-0.1, -0.05) is 24.3 Å². The molecule has 0 saturated carbocycles. The number of hydrogen-bond acceptors (Lipinski definition) is 3. The van der Waals surface area contributed by atoms with Gasteiger partial charge < -0.3 is 15.4 Å². The predicted molar refractivity (Wildman–Crippen MR) is 121 cm³/mol. The first-order valence-electron chi connectivity index (χ1n) is 9.41. The molecule has 5 nitrogen and oxygen atoms in total. The van der Waals surface area contributed by atoms with Gasteiger partial charge in [-0.15, -0.1) is 24.0 Å². The largest absolute Gasteiger partial charge is 0.379 e. The Morgan fingerprint density at radius 1 is 1.00 bits per heavy atom. The van der Waals surface area contributed by atoms with Crippen LogP contribution in [0.2, 0.25) is 0 Å². The molecule has 1 aliphatic rings. The minimum atomic E-state index is -0.460. The third kappa shape index (κ3) is 7.20. The smallest absolute Gasteiger partial charge is 0.191 e. The molecule has 0 amide bonds. The Kier molecular flexibility index (Phi) is 9.75. The highest BCUT2D eigenvalue weighted by Gasteiger charge is 2.13. The lowest BCUT2D eigenvalue weighted by Gasteiger charge is -2.27. The van der Waals surface area contributed by atoms with E-state index in [9.17, 15) is 8.78 Å². The molecule has 8 heteroatoms. The fraction of sp³-hybridized carbons (Fsp3) is 0.381. The van der Waals surface area contributed by atoms with Crippen LogP contribution in [0.25, 0.3) is 0 Å². The Labute approximate surface area is 187 Å². The van der Waals surface area contributed by atoms with E-state index >= 15 is 0 Å². The lowest BCUT2D eigenvalue weighted by atomic mass is 10.1. The second-order valence-electron chi connectivity index (χ2n) is 6.67. The Balaban J connectivity index is 0.00000300. The van der Waals surface area contributed by atoms with Crippen molar-refractivity contribution in [3.05, 3.63) is 70.8 Å². The van der Waals surface area contributed by atoms with Crippen molar-refractivity contribution < 1.29 is 13.5 Å². The fourth-order valence-electron chi connectivity index (χ4n) is 3.14. The van der Waals surface area contributed by atoms with E-state index in [4.69, 9.17) is 4.74 Å². The van der Waals surface area contributed by atoms with E-state index in [2.05, 4.69) is 32.7 Å². The van der Waals surface area contributed by atoms with Crippen molar-refractivity contribution >= 4 is 29.9 Å². The van der Waals surface area contributed by atoms with Crippen LogP contribution in [0.5, 0.6) is 0 Å². The van der Waals surface area contributed by atoms with Gasteiger partial charge in [-0.05, 0) is 29.3 Å². The van der Waals surface area contributed by atoms with Crippen LogP contribution in [0.3, 0.4) is 0 Å². The van der Waals surface area contributed by atoms with Gasteiger partial charge in [0.15, 0.2) is 5.96 Å². The van der Waals surface area contributed by atoms with Gasteiger partial charge in [0.2, 0.25) is 0 Å². The number of nitrogens with zero attached hydrogens (tertiary/aromatic N) is 2. The number of benzene rings is 2. The number of halogens is 3. The number of morpholine rings is 1. The van der Waals surface area contributed by atoms with Crippen molar-refractivity contribution in [1.29, 1.82) is 0 Å². The third-order valence-electron chi connectivity index (χ3n) is 4.74. The van der Waals surface area contributed by atoms with E-state index in [1.54, 1.807) is 7.05 Å². The summed E-state index contributed by atoms with van der Waals surface area (Å²) in [6.07, 6.45) is 0. The minimum absolute atomic E-state index is 0. The summed E-state index contributed by atoms with van der Waals surface area (Å²) in [6.45, 7) is 5.03. The molecule has 1 fully saturated rings. The molecule has 0 bridgehead atoms. The lowest BCUT2D eigenvalue weighted by Crippen LogP contribution is -2.37. The summed E-state index contributed by atoms with van der Waals surface area (Å²) in [5.41, 5.74) is 2.69. The monoisotopic (exact) mass is 516 g/mol. The standard InChI is InChI=1S/C21H26F2N4O.HI/c1-24-21(26-14-18-12-19(22)6-7-20(18)23)25-13-16-4-2-3-5-17(16)15-27-8-10-28-11-9-27;/h2-7,12H,8-11,13-15H2,1H3,(H2,24,25,26);1H. The quantitative estimate of drug-likeness (QED) is 0.352. The summed E-state index contributed by atoms with van der Waals surface area (Å²) >= 11 is 0. The molecule has 3 rings (SSSR count). The van der Waals surface area contributed by atoms with Gasteiger partial charge >= 0.3 is 0 Å². The summed E-state index contributed by atoms with van der Waals surface area (Å²) in [5.74, 6) is -0.372. The maximum absolute atomic E-state index is 13.8. The molecule has 0 aliphatic carbocycles. The average molecular weight is 516 g/mol. The second-order valence-corrected chi connectivity index (χ2v) is 6.67. The number of rotatable bonds is 6. The van der Waals surface area contributed by atoms with Gasteiger partial charge in [-0.2, -0.15) is 0 Å². The number of hydrogen-bond donors (Lipinski definition) is 2. The molecule has 2 N–H and O–H groups in total. The lowest BCUT2D eigenvalue weighted by molar-refractivity contribution is 0.0341. The van der Waals surface area contributed by atoms with Gasteiger partial charge in [0.25, 0.3) is 0 Å². The molecule has 158 valence electrons. The van der Waals surface area contributed by atoms with Crippen molar-refractivity contribution in [2.24, 2.45) is 4.99 Å². The molecule has 1 aliphatic heterocycles. The Morgan fingerprint density at radius 3 is 2.34 bits per heavy atom. The summed E-state index contributed by atoms with van der Waals surface area (Å²) in [6, 6.07) is 11.7. The highest BCUT2D eigenvalue weighted by Crippen LogP contribution is 2.13. The van der Waals surface area contributed by atoms with Gasteiger partial charge in [-0.25, -0.2) is 8.78 Å². The van der Waals surface area contributed by atoms with E-state index in [0.717, 1.165) is 45.0 Å². The third-order valence-corrected chi connectivity index (χ3v) is 4.74. The molecular weight excluding hydrogens is 489 g/mol. The van der Waals surface area contributed by atoms with Crippen LogP contribution < -0.4 is 10.6 Å². The number of guanidine groups is 1. The molecule has 0 spiro atoms. The molecule has 0 radical (unpaired) electrons. The highest BCUT2D eigenvalue weighted by atomic mass is 127. The molecule has 1 heterocycles. The van der Waals surface area contributed by atoms with Crippen molar-refractivity contribution in [3.8, 4) is 0 Å². The summed E-state index contributed by atoms with van der Waals surface area (Å²) in [4.78, 5) is 6.54. The SMILES string of the molecule is CN=C(NCc1cc(F)ccc1F)NCc1ccccc1CN1CCOCC1.I. The zero-order valence-electron chi connectivity index (χ0n) is 16.5. The summed E-state index contributed by atoms with van der Waals surface area (Å²) in [7, 11) is 1.65. The first-order valence-corrected chi connectivity index (χ1v) is 9.41. The van der Waals surface area contributed by atoms with Crippen LogP contribution in [0.4, 0.5) is 8.78 Å². The van der Waals surface area contributed by atoms with Gasteiger partial charge in [0.1, 0.15) is 11.6 Å². The topological polar surface area (TPSA) is 48.9 Å². The van der Waals surface area contributed by atoms with Gasteiger partial charge in [0, 0.05) is 45.3 Å². The van der Waals surface area contributed by atoms with Crippen molar-refractivity contribution in [2.75, 3.05) is 33.4 Å². The molecule has 0 atom stereocenters. The number of aliphatic imine (C=N–C) groups is 1. The van der Waals surface area contributed by atoms with Crippen LogP contribution >= 0.6 is 24.0 Å². The first-order chi connectivity index (χ1) is 13.7. The van der Waals surface area contributed by atoms with Gasteiger partial charge in [0.05, 0.1) is 13.2 Å². The van der Waals surface area contributed by atoms with E-state index in [1.165, 1.54) is 17.2 Å². The number of nitrogens with one attached hydrogen (secondary N) is 2. The Morgan fingerprint density at radius 2 is 1.66 bits per heavy atom. The summed E-state index contributed by atoms with van der Waals surface area (Å²) in [5, 5.41) is 6.28. The minimum Gasteiger partial charge on any atom is -0.379 e. The normalized spacial score (nSPS) is 14.9. The molecule has 0 aromatic heterocycles. The molecule has 0 unspecified atom stereocenters. The van der Waals surface area contributed by atoms with Crippen LogP contribution in [-0.4, -0.2) is 44.2 Å². The van der Waals surface area contributed by atoms with E-state index in [1.807, 2.05) is 12.1 Å². The van der Waals surface area contributed by atoms with E-state index in [-0.39, 0.29) is 36.1 Å². The van der Waals surface area contributed by atoms with Gasteiger partial charge in [-0.3, -0.25) is 9.89 Å². The number of ether oxygens (including phenoxy) is 1. The van der Waals surface area contributed by atoms with E-state index < -0.39 is 11.6 Å². The second kappa shape index (κ2) is 12.0. The average Bonchev–Trinajstić information content (AvgIpc) is 2.72. The molecule has 2 aromatic carbocycles. The van der Waals surface area contributed by atoms with Crippen molar-refractivity contribution in [2.45, 2.75) is 19.6 Å².